The second-order valence-electron chi connectivity index (χ2n) is 5.40. The Morgan fingerprint density at radius 2 is 2.12 bits per heavy atom. The zero-order valence-electron chi connectivity index (χ0n) is 13.3. The van der Waals surface area contributed by atoms with Gasteiger partial charge in [0.05, 0.1) is 29.6 Å². The highest BCUT2D eigenvalue weighted by atomic mass is 35.5. The molecule has 0 saturated heterocycles. The van der Waals surface area contributed by atoms with Crippen molar-refractivity contribution in [3.05, 3.63) is 69.8 Å². The number of ether oxygens (including phenoxy) is 1. The topological polar surface area (TPSA) is 70.2 Å². The van der Waals surface area contributed by atoms with Crippen molar-refractivity contribution < 1.29 is 14.1 Å². The number of carbonyl (C=O) groups excluding carboxylic acids is 1. The molecule has 0 amide bonds. The van der Waals surface area contributed by atoms with Crippen LogP contribution in [0.3, 0.4) is 0 Å². The number of hydrogen-bond donors (Lipinski definition) is 0. The minimum Gasteiger partial charge on any atom is -0.457 e. The third-order valence-corrected chi connectivity index (χ3v) is 4.06. The van der Waals surface area contributed by atoms with Gasteiger partial charge in [0.25, 0.3) is 0 Å². The van der Waals surface area contributed by atoms with Gasteiger partial charge in [0.2, 0.25) is 0 Å². The number of halogens is 1. The number of hydrogen-bond acceptors (Lipinski definition) is 5. The summed E-state index contributed by atoms with van der Waals surface area (Å²) in [6.07, 6.45) is 3.12. The van der Waals surface area contributed by atoms with Crippen molar-refractivity contribution in [3.8, 4) is 0 Å². The highest BCUT2D eigenvalue weighted by Crippen LogP contribution is 2.17. The molecule has 0 saturated carbocycles. The lowest BCUT2D eigenvalue weighted by Crippen LogP contribution is -2.06. The number of aryl methyl sites for hydroxylation is 2. The minimum atomic E-state index is -0.444. The van der Waals surface area contributed by atoms with E-state index in [9.17, 15) is 4.79 Å². The molecule has 2 heterocycles. The van der Waals surface area contributed by atoms with Crippen LogP contribution in [0.15, 0.2) is 41.2 Å². The molecule has 3 rings (SSSR count). The van der Waals surface area contributed by atoms with E-state index in [1.165, 1.54) is 6.20 Å². The van der Waals surface area contributed by atoms with Gasteiger partial charge in [-0.2, -0.15) is 5.10 Å². The molecular weight excluding hydrogens is 330 g/mol. The van der Waals surface area contributed by atoms with Gasteiger partial charge in [-0.25, -0.2) is 4.79 Å². The Bertz CT molecular complexity index is 850. The van der Waals surface area contributed by atoms with Crippen LogP contribution in [0, 0.1) is 13.8 Å². The van der Waals surface area contributed by atoms with Crippen LogP contribution in [0.1, 0.15) is 32.9 Å². The molecule has 124 valence electrons. The molecular formula is C17H16ClN3O3. The molecule has 2 aromatic heterocycles. The molecule has 0 fully saturated rings. The average Bonchev–Trinajstić information content (AvgIpc) is 3.15. The monoisotopic (exact) mass is 345 g/mol. The third-order valence-electron chi connectivity index (χ3n) is 3.69. The van der Waals surface area contributed by atoms with Crippen LogP contribution in [0.4, 0.5) is 0 Å². The first-order chi connectivity index (χ1) is 11.5. The molecule has 0 N–H and O–H groups in total. The van der Waals surface area contributed by atoms with E-state index in [1.54, 1.807) is 24.7 Å². The zero-order chi connectivity index (χ0) is 17.1. The predicted molar refractivity (Wildman–Crippen MR) is 87.9 cm³/mol. The van der Waals surface area contributed by atoms with Gasteiger partial charge in [0.1, 0.15) is 12.4 Å². The van der Waals surface area contributed by atoms with Gasteiger partial charge in [-0.15, -0.1) is 0 Å². The van der Waals surface area contributed by atoms with Gasteiger partial charge in [-0.3, -0.25) is 4.68 Å². The van der Waals surface area contributed by atoms with Crippen LogP contribution >= 0.6 is 11.6 Å². The van der Waals surface area contributed by atoms with Crippen LogP contribution in [-0.2, 0) is 17.9 Å². The maximum absolute atomic E-state index is 12.1. The fourth-order valence-corrected chi connectivity index (χ4v) is 2.48. The van der Waals surface area contributed by atoms with E-state index >= 15 is 0 Å². The van der Waals surface area contributed by atoms with Crippen molar-refractivity contribution in [3.63, 3.8) is 0 Å². The van der Waals surface area contributed by atoms with Gasteiger partial charge < -0.3 is 9.26 Å². The lowest BCUT2D eigenvalue weighted by Gasteiger charge is -2.04. The normalized spacial score (nSPS) is 10.8. The summed E-state index contributed by atoms with van der Waals surface area (Å²) in [5, 5.41) is 8.67. The van der Waals surface area contributed by atoms with Gasteiger partial charge in [0, 0.05) is 11.2 Å². The summed E-state index contributed by atoms with van der Waals surface area (Å²) < 4.78 is 12.0. The lowest BCUT2D eigenvalue weighted by molar-refractivity contribution is 0.0470. The number of benzene rings is 1. The quantitative estimate of drug-likeness (QED) is 0.661. The van der Waals surface area contributed by atoms with Gasteiger partial charge >= 0.3 is 5.97 Å². The van der Waals surface area contributed by atoms with E-state index in [0.29, 0.717) is 22.9 Å². The predicted octanol–water partition coefficient (Wildman–Crippen LogP) is 3.55. The van der Waals surface area contributed by atoms with E-state index in [2.05, 4.69) is 10.3 Å². The average molecular weight is 346 g/mol. The number of esters is 1. The van der Waals surface area contributed by atoms with E-state index in [4.69, 9.17) is 20.9 Å². The third kappa shape index (κ3) is 3.49. The molecule has 24 heavy (non-hydrogen) atoms. The Morgan fingerprint density at radius 1 is 1.33 bits per heavy atom. The Balaban J connectivity index is 1.65. The molecule has 0 unspecified atom stereocenters. The van der Waals surface area contributed by atoms with Crippen LogP contribution in [-0.4, -0.2) is 20.9 Å². The first-order valence-electron chi connectivity index (χ1n) is 7.39. The van der Waals surface area contributed by atoms with Crippen molar-refractivity contribution in [2.24, 2.45) is 0 Å². The Kier molecular flexibility index (Phi) is 4.66. The van der Waals surface area contributed by atoms with Crippen LogP contribution in [0.25, 0.3) is 0 Å². The SMILES string of the molecule is Cc1noc(C)c1COC(=O)c1cnn(Cc2ccccc2Cl)c1. The molecule has 0 aliphatic rings. The highest BCUT2D eigenvalue weighted by Gasteiger charge is 2.15. The number of aromatic nitrogens is 3. The summed E-state index contributed by atoms with van der Waals surface area (Å²) in [5.74, 6) is 0.204. The molecule has 0 atom stereocenters. The molecule has 6 nitrogen and oxygen atoms in total. The van der Waals surface area contributed by atoms with Crippen molar-refractivity contribution in [2.45, 2.75) is 27.0 Å². The van der Waals surface area contributed by atoms with Gasteiger partial charge in [-0.05, 0) is 25.5 Å². The van der Waals surface area contributed by atoms with Gasteiger partial charge in [0.15, 0.2) is 0 Å². The smallest absolute Gasteiger partial charge is 0.341 e. The molecule has 0 aliphatic carbocycles. The van der Waals surface area contributed by atoms with Crippen molar-refractivity contribution >= 4 is 17.6 Å². The number of carbonyl (C=O) groups is 1. The fraction of sp³-hybridized carbons (Fsp3) is 0.235. The van der Waals surface area contributed by atoms with E-state index in [-0.39, 0.29) is 6.61 Å². The van der Waals surface area contributed by atoms with Crippen molar-refractivity contribution in [1.29, 1.82) is 0 Å². The standard InChI is InChI=1S/C17H16ClN3O3/c1-11-15(12(2)24-20-11)10-23-17(22)14-7-19-21(9-14)8-13-5-3-4-6-16(13)18/h3-7,9H,8,10H2,1-2H3. The molecule has 0 bridgehead atoms. The number of rotatable bonds is 5. The molecule has 7 heteroatoms. The molecule has 0 aliphatic heterocycles. The van der Waals surface area contributed by atoms with Crippen LogP contribution in [0.2, 0.25) is 5.02 Å². The maximum Gasteiger partial charge on any atom is 0.341 e. The summed E-state index contributed by atoms with van der Waals surface area (Å²) in [7, 11) is 0. The number of nitrogens with zero attached hydrogens (tertiary/aromatic N) is 3. The fourth-order valence-electron chi connectivity index (χ4n) is 2.29. The summed E-state index contributed by atoms with van der Waals surface area (Å²) in [6, 6.07) is 7.51. The molecule has 0 spiro atoms. The Morgan fingerprint density at radius 3 is 2.83 bits per heavy atom. The van der Waals surface area contributed by atoms with Gasteiger partial charge in [-0.1, -0.05) is 35.0 Å². The summed E-state index contributed by atoms with van der Waals surface area (Å²) in [4.78, 5) is 12.1. The molecule has 3 aromatic rings. The van der Waals surface area contributed by atoms with E-state index < -0.39 is 5.97 Å². The molecule has 0 radical (unpaired) electrons. The van der Waals surface area contributed by atoms with Crippen molar-refractivity contribution in [2.75, 3.05) is 0 Å². The maximum atomic E-state index is 12.1. The summed E-state index contributed by atoms with van der Waals surface area (Å²) in [6.45, 7) is 4.19. The van der Waals surface area contributed by atoms with Crippen LogP contribution in [0.5, 0.6) is 0 Å². The summed E-state index contributed by atoms with van der Waals surface area (Å²) in [5.41, 5.74) is 2.81. The summed E-state index contributed by atoms with van der Waals surface area (Å²) >= 11 is 6.13. The largest absolute Gasteiger partial charge is 0.457 e. The van der Waals surface area contributed by atoms with E-state index in [1.807, 2.05) is 24.3 Å². The second-order valence-corrected chi connectivity index (χ2v) is 5.80. The molecule has 1 aromatic carbocycles. The Labute approximate surface area is 144 Å². The first kappa shape index (κ1) is 16.3. The van der Waals surface area contributed by atoms with E-state index in [0.717, 1.165) is 16.8 Å². The second kappa shape index (κ2) is 6.88. The Hall–Kier alpha value is -2.60. The first-order valence-corrected chi connectivity index (χ1v) is 7.77. The van der Waals surface area contributed by atoms with Crippen LogP contribution < -0.4 is 0 Å². The minimum absolute atomic E-state index is 0.121. The van der Waals surface area contributed by atoms with Crippen molar-refractivity contribution in [1.82, 2.24) is 14.9 Å². The lowest BCUT2D eigenvalue weighted by atomic mass is 10.2. The highest BCUT2D eigenvalue weighted by molar-refractivity contribution is 6.31. The zero-order valence-corrected chi connectivity index (χ0v) is 14.1.